The summed E-state index contributed by atoms with van der Waals surface area (Å²) in [4.78, 5) is 0. The van der Waals surface area contributed by atoms with Crippen LogP contribution in [0, 0.1) is 0 Å². The van der Waals surface area contributed by atoms with Crippen molar-refractivity contribution in [3.63, 3.8) is 0 Å². The van der Waals surface area contributed by atoms with Crippen molar-refractivity contribution >= 4 is 40.8 Å². The average Bonchev–Trinajstić information content (AvgIpc) is 3.19. The van der Waals surface area contributed by atoms with Gasteiger partial charge in [-0.2, -0.15) is 0 Å². The summed E-state index contributed by atoms with van der Waals surface area (Å²) in [6.07, 6.45) is 2.06. The van der Waals surface area contributed by atoms with Crippen LogP contribution in [0.4, 0.5) is 5.95 Å². The van der Waals surface area contributed by atoms with Crippen LogP contribution < -0.4 is 14.8 Å². The highest BCUT2D eigenvalue weighted by Crippen LogP contribution is 2.38. The number of ether oxygens (including phenoxy) is 2. The highest BCUT2D eigenvalue weighted by Gasteiger charge is 2.15. The second kappa shape index (κ2) is 11.4. The van der Waals surface area contributed by atoms with E-state index >= 15 is 0 Å². The molecule has 1 aromatic heterocycles. The molecule has 0 spiro atoms. The molecule has 0 aliphatic rings. The summed E-state index contributed by atoms with van der Waals surface area (Å²) in [5, 5.41) is 16.5. The molecule has 2 aromatic carbocycles. The Morgan fingerprint density at radius 1 is 1.03 bits per heavy atom. The van der Waals surface area contributed by atoms with Gasteiger partial charge in [0.05, 0.1) is 11.6 Å². The van der Waals surface area contributed by atoms with E-state index in [1.54, 1.807) is 22.9 Å². The molecule has 0 fully saturated rings. The van der Waals surface area contributed by atoms with E-state index in [4.69, 9.17) is 44.3 Å². The van der Waals surface area contributed by atoms with Crippen molar-refractivity contribution in [1.82, 2.24) is 20.2 Å². The maximum Gasteiger partial charge on any atom is 0.243 e. The van der Waals surface area contributed by atoms with Crippen molar-refractivity contribution in [1.29, 1.82) is 0 Å². The fraction of sp³-hybridized carbons (Fsp3) is 0.381. The lowest BCUT2D eigenvalue weighted by molar-refractivity contribution is 0.269. The molecule has 0 amide bonds. The number of benzene rings is 2. The van der Waals surface area contributed by atoms with E-state index in [0.717, 1.165) is 24.9 Å². The maximum absolute atomic E-state index is 6.53. The number of aryl methyl sites for hydroxylation is 1. The van der Waals surface area contributed by atoms with Gasteiger partial charge in [-0.1, -0.05) is 59.3 Å². The molecule has 166 valence electrons. The first-order valence-corrected chi connectivity index (χ1v) is 11.2. The first-order valence-electron chi connectivity index (χ1n) is 10.0. The van der Waals surface area contributed by atoms with Crippen LogP contribution in [0.15, 0.2) is 30.3 Å². The van der Waals surface area contributed by atoms with Gasteiger partial charge in [-0.3, -0.25) is 0 Å². The molecule has 1 heterocycles. The first-order chi connectivity index (χ1) is 15.0. The Bertz CT molecular complexity index is 992. The number of halogens is 3. The summed E-state index contributed by atoms with van der Waals surface area (Å²) < 4.78 is 13.5. The summed E-state index contributed by atoms with van der Waals surface area (Å²) in [5.41, 5.74) is 1.59. The summed E-state index contributed by atoms with van der Waals surface area (Å²) in [7, 11) is 0. The van der Waals surface area contributed by atoms with Crippen LogP contribution in [-0.4, -0.2) is 26.8 Å². The number of tetrazole rings is 1. The third kappa shape index (κ3) is 6.15. The average molecular weight is 485 g/mol. The second-order valence-electron chi connectivity index (χ2n) is 6.76. The fourth-order valence-electron chi connectivity index (χ4n) is 2.91. The largest absolute Gasteiger partial charge is 0.490 e. The molecule has 10 heteroatoms. The van der Waals surface area contributed by atoms with Gasteiger partial charge in [0.1, 0.15) is 6.61 Å². The highest BCUT2D eigenvalue weighted by molar-refractivity contribution is 6.36. The molecule has 0 unspecified atom stereocenters. The minimum Gasteiger partial charge on any atom is -0.490 e. The number of nitrogens with zero attached hydrogens (tertiary/aromatic N) is 4. The van der Waals surface area contributed by atoms with E-state index in [2.05, 4.69) is 27.8 Å². The zero-order chi connectivity index (χ0) is 22.2. The summed E-state index contributed by atoms with van der Waals surface area (Å²) >= 11 is 19.0. The van der Waals surface area contributed by atoms with E-state index in [0.29, 0.717) is 51.2 Å². The van der Waals surface area contributed by atoms with Crippen molar-refractivity contribution in [2.24, 2.45) is 0 Å². The third-order valence-corrected chi connectivity index (χ3v) is 5.49. The van der Waals surface area contributed by atoms with Crippen LogP contribution >= 0.6 is 34.8 Å². The van der Waals surface area contributed by atoms with Crippen LogP contribution in [0.3, 0.4) is 0 Å². The minimum absolute atomic E-state index is 0.169. The number of anilines is 1. The van der Waals surface area contributed by atoms with E-state index in [1.807, 2.05) is 19.1 Å². The summed E-state index contributed by atoms with van der Waals surface area (Å²) in [6.45, 7) is 5.89. The normalized spacial score (nSPS) is 10.9. The molecule has 31 heavy (non-hydrogen) atoms. The Balaban J connectivity index is 1.75. The second-order valence-corrected chi connectivity index (χ2v) is 7.98. The first kappa shape index (κ1) is 23.4. The third-order valence-electron chi connectivity index (χ3n) is 4.50. The van der Waals surface area contributed by atoms with E-state index in [9.17, 15) is 0 Å². The van der Waals surface area contributed by atoms with Crippen molar-refractivity contribution in [2.75, 3.05) is 11.9 Å². The van der Waals surface area contributed by atoms with E-state index in [1.165, 1.54) is 0 Å². The monoisotopic (exact) mass is 483 g/mol. The summed E-state index contributed by atoms with van der Waals surface area (Å²) in [5.74, 6) is 1.59. The molecule has 0 bridgehead atoms. The molecular weight excluding hydrogens is 461 g/mol. The van der Waals surface area contributed by atoms with Gasteiger partial charge in [0.25, 0.3) is 0 Å². The van der Waals surface area contributed by atoms with Crippen LogP contribution in [0.2, 0.25) is 15.1 Å². The predicted octanol–water partition coefficient (Wildman–Crippen LogP) is 6.02. The lowest BCUT2D eigenvalue weighted by atomic mass is 10.2. The van der Waals surface area contributed by atoms with Crippen molar-refractivity contribution in [2.45, 2.75) is 46.4 Å². The van der Waals surface area contributed by atoms with Crippen LogP contribution in [0.25, 0.3) is 0 Å². The van der Waals surface area contributed by atoms with Gasteiger partial charge in [-0.15, -0.1) is 0 Å². The molecule has 0 saturated heterocycles. The molecule has 7 nitrogen and oxygen atoms in total. The SMILES string of the molecule is CCCCn1nnnc1NCc1cc(Cl)c(OCc2c(Cl)cccc2Cl)c(OCC)c1. The number of aromatic nitrogens is 4. The Hall–Kier alpha value is -2.22. The van der Waals surface area contributed by atoms with Crippen LogP contribution in [0.5, 0.6) is 11.5 Å². The Kier molecular flexibility index (Phi) is 8.63. The number of unbranched alkanes of at least 4 members (excludes halogenated alkanes) is 1. The molecular formula is C21H24Cl3N5O2. The fourth-order valence-corrected chi connectivity index (χ4v) is 3.71. The zero-order valence-corrected chi connectivity index (χ0v) is 19.6. The van der Waals surface area contributed by atoms with Crippen molar-refractivity contribution < 1.29 is 9.47 Å². The lowest BCUT2D eigenvalue weighted by Crippen LogP contribution is -2.09. The lowest BCUT2D eigenvalue weighted by Gasteiger charge is -2.16. The number of hydrogen-bond donors (Lipinski definition) is 1. The van der Waals surface area contributed by atoms with Gasteiger partial charge >= 0.3 is 0 Å². The van der Waals surface area contributed by atoms with Crippen LogP contribution in [-0.2, 0) is 19.7 Å². The molecule has 0 aliphatic heterocycles. The zero-order valence-electron chi connectivity index (χ0n) is 17.4. The van der Waals surface area contributed by atoms with Gasteiger partial charge in [0.2, 0.25) is 5.95 Å². The topological polar surface area (TPSA) is 74.1 Å². The molecule has 0 aliphatic carbocycles. The minimum atomic E-state index is 0.169. The molecule has 3 rings (SSSR count). The highest BCUT2D eigenvalue weighted by atomic mass is 35.5. The molecule has 3 aromatic rings. The molecule has 0 saturated carbocycles. The standard InChI is InChI=1S/C21H24Cl3N5O2/c1-3-5-9-29-21(26-27-28-29)25-12-14-10-18(24)20(19(11-14)30-4-2)31-13-15-16(22)7-6-8-17(15)23/h6-8,10-11H,3-5,9,12-13H2,1-2H3,(H,25,26,28). The van der Waals surface area contributed by atoms with Gasteiger partial charge in [0.15, 0.2) is 11.5 Å². The van der Waals surface area contributed by atoms with Gasteiger partial charge in [0, 0.05) is 28.7 Å². The maximum atomic E-state index is 6.53. The Morgan fingerprint density at radius 3 is 2.52 bits per heavy atom. The Labute approximate surface area is 196 Å². The molecule has 0 radical (unpaired) electrons. The van der Waals surface area contributed by atoms with E-state index in [-0.39, 0.29) is 6.61 Å². The molecule has 0 atom stereocenters. The van der Waals surface area contributed by atoms with E-state index < -0.39 is 0 Å². The molecule has 1 N–H and O–H groups in total. The van der Waals surface area contributed by atoms with Gasteiger partial charge in [-0.25, -0.2) is 4.68 Å². The number of rotatable bonds is 11. The van der Waals surface area contributed by atoms with Crippen molar-refractivity contribution in [3.8, 4) is 11.5 Å². The quantitative estimate of drug-likeness (QED) is 0.358. The number of nitrogens with one attached hydrogen (secondary N) is 1. The smallest absolute Gasteiger partial charge is 0.243 e. The van der Waals surface area contributed by atoms with Crippen LogP contribution in [0.1, 0.15) is 37.8 Å². The Morgan fingerprint density at radius 2 is 1.81 bits per heavy atom. The summed E-state index contributed by atoms with van der Waals surface area (Å²) in [6, 6.07) is 9.01. The van der Waals surface area contributed by atoms with Gasteiger partial charge < -0.3 is 14.8 Å². The predicted molar refractivity (Wildman–Crippen MR) is 123 cm³/mol. The van der Waals surface area contributed by atoms with Gasteiger partial charge in [-0.05, 0) is 53.6 Å². The van der Waals surface area contributed by atoms with Crippen molar-refractivity contribution in [3.05, 3.63) is 56.5 Å². The number of hydrogen-bond acceptors (Lipinski definition) is 6.